The van der Waals surface area contributed by atoms with E-state index in [1.165, 1.54) is 11.1 Å². The molecule has 6 aliphatic carbocycles. The third-order valence-electron chi connectivity index (χ3n) is 9.38. The van der Waals surface area contributed by atoms with Gasteiger partial charge >= 0.3 is 11.9 Å². The molecule has 3 unspecified atom stereocenters. The van der Waals surface area contributed by atoms with Crippen LogP contribution in [0.15, 0.2) is 11.1 Å². The number of carbonyl (C=O) groups excluding carboxylic acids is 2. The molecule has 7 aliphatic rings. The molecular weight excluding hydrogens is 424 g/mol. The number of rotatable bonds is 7. The van der Waals surface area contributed by atoms with Gasteiger partial charge in [-0.25, -0.2) is 0 Å². The standard InChI is InChI=1S/C24H30N4O5/c25-10-14-4-15-16-9-24(15,16)28(14)20(31)19(27)22-5-12-3-13(6-22)8-23(7-12,11-22)33-21(32)17(26)1-2-18(29)30/h12-14,17,19H,1-9,11,26-27H2,(H,29,30)/t12?,13?,14-,17-,19+,22?,23?,24?/m0/s1. The molecule has 6 fully saturated rings. The molecule has 1 spiro atoms. The Morgan fingerprint density at radius 1 is 1.18 bits per heavy atom. The molecule has 6 atom stereocenters. The minimum atomic E-state index is -0.999. The van der Waals surface area contributed by atoms with Gasteiger partial charge in [0.05, 0.1) is 17.6 Å². The molecule has 0 aromatic carbocycles. The van der Waals surface area contributed by atoms with Gasteiger partial charge in [-0.2, -0.15) is 5.26 Å². The van der Waals surface area contributed by atoms with Crippen molar-refractivity contribution in [2.75, 3.05) is 0 Å². The first kappa shape index (κ1) is 21.1. The molecule has 176 valence electrons. The lowest BCUT2D eigenvalue weighted by molar-refractivity contribution is -0.207. The van der Waals surface area contributed by atoms with Crippen LogP contribution in [0.4, 0.5) is 0 Å². The van der Waals surface area contributed by atoms with Crippen molar-refractivity contribution < 1.29 is 24.2 Å². The van der Waals surface area contributed by atoms with Crippen LogP contribution in [0.3, 0.4) is 0 Å². The van der Waals surface area contributed by atoms with E-state index in [2.05, 4.69) is 6.07 Å². The largest absolute Gasteiger partial charge is 0.481 e. The summed E-state index contributed by atoms with van der Waals surface area (Å²) in [6.07, 6.45) is 6.13. The topological polar surface area (TPSA) is 160 Å². The molecule has 5 saturated carbocycles. The van der Waals surface area contributed by atoms with Gasteiger partial charge in [-0.05, 0) is 73.3 Å². The van der Waals surface area contributed by atoms with E-state index in [9.17, 15) is 19.6 Å². The second-order valence-electron chi connectivity index (χ2n) is 11.5. The van der Waals surface area contributed by atoms with Gasteiger partial charge in [-0.15, -0.1) is 0 Å². The molecule has 33 heavy (non-hydrogen) atoms. The molecule has 9 heteroatoms. The SMILES string of the molecule is N#C[C@@H]1CC2=C3CC23N1C(=O)[C@@H](N)C12CC3CC(CC(OC(=O)[C@@H](N)CCC(=O)O)(C3)C1)C2. The molecule has 1 aliphatic heterocycles. The molecule has 7 rings (SSSR count). The Labute approximate surface area is 192 Å². The minimum absolute atomic E-state index is 0.0322. The monoisotopic (exact) mass is 454 g/mol. The summed E-state index contributed by atoms with van der Waals surface area (Å²) in [5.41, 5.74) is 13.9. The molecule has 4 bridgehead atoms. The third-order valence-corrected chi connectivity index (χ3v) is 9.38. The van der Waals surface area contributed by atoms with E-state index < -0.39 is 41.1 Å². The Morgan fingerprint density at radius 2 is 1.88 bits per heavy atom. The fourth-order valence-corrected chi connectivity index (χ4v) is 8.24. The van der Waals surface area contributed by atoms with Crippen molar-refractivity contribution in [2.45, 2.75) is 93.5 Å². The zero-order valence-electron chi connectivity index (χ0n) is 18.6. The highest BCUT2D eigenvalue weighted by molar-refractivity contribution is 5.92. The summed E-state index contributed by atoms with van der Waals surface area (Å²) in [5.74, 6) is -1.03. The Bertz CT molecular complexity index is 1030. The van der Waals surface area contributed by atoms with Crippen molar-refractivity contribution in [3.63, 3.8) is 0 Å². The number of aliphatic carboxylic acids is 1. The van der Waals surface area contributed by atoms with Crippen LogP contribution in [-0.2, 0) is 19.1 Å². The lowest BCUT2D eigenvalue weighted by Gasteiger charge is -2.62. The van der Waals surface area contributed by atoms with Crippen LogP contribution in [0.2, 0.25) is 0 Å². The van der Waals surface area contributed by atoms with Crippen molar-refractivity contribution in [2.24, 2.45) is 28.7 Å². The quantitative estimate of drug-likeness (QED) is 0.379. The molecule has 1 amide bonds. The Hall–Kier alpha value is -2.44. The molecule has 0 aromatic rings. The van der Waals surface area contributed by atoms with Crippen LogP contribution < -0.4 is 11.5 Å². The fraction of sp³-hybridized carbons (Fsp3) is 0.750. The van der Waals surface area contributed by atoms with Crippen LogP contribution in [0.25, 0.3) is 0 Å². The first-order chi connectivity index (χ1) is 15.6. The average molecular weight is 455 g/mol. The van der Waals surface area contributed by atoms with Gasteiger partial charge in [-0.1, -0.05) is 0 Å². The number of hydrogen-bond acceptors (Lipinski definition) is 7. The number of likely N-dealkylation sites (tertiary alicyclic amines) is 1. The number of nitrogens with zero attached hydrogens (tertiary/aromatic N) is 2. The number of carboxylic acid groups (broad SMARTS) is 1. The maximum Gasteiger partial charge on any atom is 0.323 e. The molecule has 5 N–H and O–H groups in total. The van der Waals surface area contributed by atoms with Crippen LogP contribution >= 0.6 is 0 Å². The van der Waals surface area contributed by atoms with Crippen LogP contribution in [-0.4, -0.2) is 57.1 Å². The van der Waals surface area contributed by atoms with E-state index in [0.29, 0.717) is 24.7 Å². The van der Waals surface area contributed by atoms with Gasteiger partial charge in [0, 0.05) is 19.3 Å². The van der Waals surface area contributed by atoms with E-state index in [0.717, 1.165) is 38.5 Å². The molecule has 0 radical (unpaired) electrons. The number of nitrogens with two attached hydrogens (primary N) is 2. The highest BCUT2D eigenvalue weighted by Gasteiger charge is 2.77. The number of esters is 1. The summed E-state index contributed by atoms with van der Waals surface area (Å²) in [6.45, 7) is 0. The Morgan fingerprint density at radius 3 is 2.48 bits per heavy atom. The van der Waals surface area contributed by atoms with E-state index in [-0.39, 0.29) is 24.3 Å². The second kappa shape index (κ2) is 6.57. The average Bonchev–Trinajstić information content (AvgIpc) is 3.59. The Kier molecular flexibility index (Phi) is 4.21. The number of ether oxygens (including phenoxy) is 1. The molecule has 1 heterocycles. The number of hydrogen-bond donors (Lipinski definition) is 3. The normalized spacial score (nSPS) is 42.8. The summed E-state index contributed by atoms with van der Waals surface area (Å²) < 4.78 is 6.03. The van der Waals surface area contributed by atoms with Crippen molar-refractivity contribution in [1.29, 1.82) is 5.26 Å². The predicted octanol–water partition coefficient (Wildman–Crippen LogP) is 0.965. The smallest absolute Gasteiger partial charge is 0.323 e. The van der Waals surface area contributed by atoms with Crippen molar-refractivity contribution in [3.8, 4) is 6.07 Å². The van der Waals surface area contributed by atoms with Gasteiger partial charge < -0.3 is 26.2 Å². The minimum Gasteiger partial charge on any atom is -0.481 e. The lowest BCUT2D eigenvalue weighted by Crippen LogP contribution is -2.66. The summed E-state index contributed by atoms with van der Waals surface area (Å²) in [4.78, 5) is 39.1. The molecule has 0 aromatic heterocycles. The second-order valence-corrected chi connectivity index (χ2v) is 11.5. The zero-order chi connectivity index (χ0) is 23.3. The number of amides is 1. The maximum atomic E-state index is 13.7. The van der Waals surface area contributed by atoms with E-state index >= 15 is 0 Å². The summed E-state index contributed by atoms with van der Waals surface area (Å²) in [5, 5.41) is 18.5. The summed E-state index contributed by atoms with van der Waals surface area (Å²) in [7, 11) is 0. The van der Waals surface area contributed by atoms with Crippen LogP contribution in [0, 0.1) is 28.6 Å². The third kappa shape index (κ3) is 2.86. The number of carbonyl (C=O) groups is 3. The van der Waals surface area contributed by atoms with Gasteiger partial charge in [0.2, 0.25) is 5.91 Å². The highest BCUT2D eigenvalue weighted by Crippen LogP contribution is 2.75. The Balaban J connectivity index is 1.21. The van der Waals surface area contributed by atoms with Crippen molar-refractivity contribution in [3.05, 3.63) is 11.1 Å². The predicted molar refractivity (Wildman–Crippen MR) is 114 cm³/mol. The van der Waals surface area contributed by atoms with Gasteiger partial charge in [-0.3, -0.25) is 14.4 Å². The molecule has 1 saturated heterocycles. The van der Waals surface area contributed by atoms with Gasteiger partial charge in [0.15, 0.2) is 0 Å². The first-order valence-corrected chi connectivity index (χ1v) is 12.0. The van der Waals surface area contributed by atoms with Crippen LogP contribution in [0.1, 0.15) is 64.2 Å². The number of carboxylic acids is 1. The molecular formula is C24H30N4O5. The first-order valence-electron chi connectivity index (χ1n) is 12.0. The van der Waals surface area contributed by atoms with Gasteiger partial charge in [0.25, 0.3) is 0 Å². The van der Waals surface area contributed by atoms with E-state index in [1.807, 2.05) is 0 Å². The van der Waals surface area contributed by atoms with Crippen molar-refractivity contribution in [1.82, 2.24) is 4.90 Å². The highest BCUT2D eigenvalue weighted by atomic mass is 16.6. The zero-order valence-corrected chi connectivity index (χ0v) is 18.6. The van der Waals surface area contributed by atoms with E-state index in [4.69, 9.17) is 21.3 Å². The fourth-order valence-electron chi connectivity index (χ4n) is 8.24. The summed E-state index contributed by atoms with van der Waals surface area (Å²) >= 11 is 0. The van der Waals surface area contributed by atoms with Crippen LogP contribution in [0.5, 0.6) is 0 Å². The van der Waals surface area contributed by atoms with Gasteiger partial charge in [0.1, 0.15) is 17.7 Å². The maximum absolute atomic E-state index is 13.7. The number of nitriles is 1. The molecule has 9 nitrogen and oxygen atoms in total. The summed E-state index contributed by atoms with van der Waals surface area (Å²) in [6, 6.07) is 0.154. The van der Waals surface area contributed by atoms with Crippen molar-refractivity contribution >= 4 is 17.8 Å². The van der Waals surface area contributed by atoms with E-state index in [1.54, 1.807) is 4.90 Å². The lowest BCUT2D eigenvalue weighted by atomic mass is 9.46.